The lowest BCUT2D eigenvalue weighted by Crippen LogP contribution is -2.40. The van der Waals surface area contributed by atoms with E-state index in [4.69, 9.17) is 9.68 Å². The first-order valence-electron chi connectivity index (χ1n) is 8.48. The average molecular weight is 322 g/mol. The van der Waals surface area contributed by atoms with Crippen LogP contribution >= 0.6 is 0 Å². The first-order valence-corrected chi connectivity index (χ1v) is 8.48. The van der Waals surface area contributed by atoms with E-state index in [-0.39, 0.29) is 12.1 Å². The van der Waals surface area contributed by atoms with Crippen molar-refractivity contribution in [2.24, 2.45) is 17.8 Å². The maximum Gasteiger partial charge on any atom is 0.247 e. The average Bonchev–Trinajstić information content (AvgIpc) is 3.32. The zero-order valence-electron chi connectivity index (χ0n) is 13.2. The Kier molecular flexibility index (Phi) is 3.02. The van der Waals surface area contributed by atoms with Gasteiger partial charge in [-0.25, -0.2) is 0 Å². The Balaban J connectivity index is 1.36. The van der Waals surface area contributed by atoms with Crippen LogP contribution in [0.3, 0.4) is 0 Å². The summed E-state index contributed by atoms with van der Waals surface area (Å²) in [5.41, 5.74) is 1.33. The van der Waals surface area contributed by atoms with Gasteiger partial charge in [-0.3, -0.25) is 4.90 Å². The Labute approximate surface area is 139 Å². The van der Waals surface area contributed by atoms with E-state index < -0.39 is 0 Å². The van der Waals surface area contributed by atoms with Gasteiger partial charge in [0.25, 0.3) is 0 Å². The Bertz CT molecular complexity index is 824. The van der Waals surface area contributed by atoms with Crippen molar-refractivity contribution in [1.29, 1.82) is 5.26 Å². The first-order chi connectivity index (χ1) is 11.7. The molecule has 24 heavy (non-hydrogen) atoms. The summed E-state index contributed by atoms with van der Waals surface area (Å²) in [5.74, 6) is 2.86. The lowest BCUT2D eigenvalue weighted by molar-refractivity contribution is 0.0457. The van der Waals surface area contributed by atoms with E-state index in [9.17, 15) is 5.11 Å². The SMILES string of the molecule is N#Cc1cccc(-c2nnc(CN3CC4CC5CC4C3C5O)o2)c1. The molecule has 2 bridgehead atoms. The minimum Gasteiger partial charge on any atom is -0.419 e. The van der Waals surface area contributed by atoms with Gasteiger partial charge >= 0.3 is 0 Å². The summed E-state index contributed by atoms with van der Waals surface area (Å²) < 4.78 is 5.81. The third kappa shape index (κ3) is 2.02. The van der Waals surface area contributed by atoms with Crippen molar-refractivity contribution >= 4 is 0 Å². The number of hydrogen-bond donors (Lipinski definition) is 1. The fourth-order valence-electron chi connectivity index (χ4n) is 5.05. The van der Waals surface area contributed by atoms with Crippen LogP contribution in [0.1, 0.15) is 24.3 Å². The first kappa shape index (κ1) is 14.1. The highest BCUT2D eigenvalue weighted by Gasteiger charge is 2.58. The van der Waals surface area contributed by atoms with Gasteiger partial charge in [-0.15, -0.1) is 10.2 Å². The zero-order chi connectivity index (χ0) is 16.3. The molecule has 3 aliphatic rings. The van der Waals surface area contributed by atoms with Gasteiger partial charge in [0.2, 0.25) is 11.8 Å². The van der Waals surface area contributed by atoms with Crippen molar-refractivity contribution in [3.05, 3.63) is 35.7 Å². The zero-order valence-corrected chi connectivity index (χ0v) is 13.2. The second-order valence-electron chi connectivity index (χ2n) is 7.26. The van der Waals surface area contributed by atoms with Crippen LogP contribution in [0.2, 0.25) is 0 Å². The molecule has 1 saturated heterocycles. The quantitative estimate of drug-likeness (QED) is 0.927. The molecule has 2 aromatic rings. The molecule has 2 heterocycles. The standard InChI is InChI=1S/C18H18N4O2/c19-7-10-2-1-3-11(4-10)18-21-20-15(24-18)9-22-8-13-5-12-6-14(13)16(22)17(12)23/h1-4,12-14,16-17,23H,5-6,8-9H2. The second kappa shape index (κ2) is 5.13. The molecule has 5 rings (SSSR count). The summed E-state index contributed by atoms with van der Waals surface area (Å²) >= 11 is 0. The van der Waals surface area contributed by atoms with E-state index in [1.807, 2.05) is 12.1 Å². The number of aliphatic hydroxyl groups excluding tert-OH is 1. The van der Waals surface area contributed by atoms with Crippen molar-refractivity contribution in [2.45, 2.75) is 31.5 Å². The van der Waals surface area contributed by atoms with E-state index in [0.29, 0.717) is 35.7 Å². The molecule has 6 nitrogen and oxygen atoms in total. The van der Waals surface area contributed by atoms with Crippen molar-refractivity contribution in [1.82, 2.24) is 15.1 Å². The predicted octanol–water partition coefficient (Wildman–Crippen LogP) is 1.81. The number of nitrogens with zero attached hydrogens (tertiary/aromatic N) is 4. The number of aliphatic hydroxyl groups is 1. The van der Waals surface area contributed by atoms with Gasteiger partial charge in [0.05, 0.1) is 24.3 Å². The Morgan fingerprint density at radius 2 is 2.21 bits per heavy atom. The molecular formula is C18H18N4O2. The van der Waals surface area contributed by atoms with E-state index in [0.717, 1.165) is 24.4 Å². The third-order valence-corrected chi connectivity index (χ3v) is 5.99. The summed E-state index contributed by atoms with van der Waals surface area (Å²) in [4.78, 5) is 2.32. The molecule has 2 saturated carbocycles. The van der Waals surface area contributed by atoms with E-state index in [2.05, 4.69) is 21.2 Å². The van der Waals surface area contributed by atoms with E-state index in [1.165, 1.54) is 6.42 Å². The Morgan fingerprint density at radius 1 is 1.29 bits per heavy atom. The van der Waals surface area contributed by atoms with Crippen LogP contribution in [0.4, 0.5) is 0 Å². The molecule has 122 valence electrons. The van der Waals surface area contributed by atoms with Crippen LogP contribution in [0.15, 0.2) is 28.7 Å². The van der Waals surface area contributed by atoms with Crippen molar-refractivity contribution in [2.75, 3.05) is 6.54 Å². The van der Waals surface area contributed by atoms with Crippen LogP contribution < -0.4 is 0 Å². The number of hydrogen-bond acceptors (Lipinski definition) is 6. The molecular weight excluding hydrogens is 304 g/mol. The molecule has 6 heteroatoms. The Morgan fingerprint density at radius 3 is 3.04 bits per heavy atom. The van der Waals surface area contributed by atoms with Crippen LogP contribution in [0.25, 0.3) is 11.5 Å². The lowest BCUT2D eigenvalue weighted by atomic mass is 9.88. The van der Waals surface area contributed by atoms with Crippen molar-refractivity contribution in [3.63, 3.8) is 0 Å². The fraction of sp³-hybridized carbons (Fsp3) is 0.500. The molecule has 1 aromatic heterocycles. The monoisotopic (exact) mass is 322 g/mol. The molecule has 1 aromatic carbocycles. The van der Waals surface area contributed by atoms with Crippen molar-refractivity contribution in [3.8, 4) is 17.5 Å². The highest BCUT2D eigenvalue weighted by atomic mass is 16.4. The second-order valence-corrected chi connectivity index (χ2v) is 7.26. The van der Waals surface area contributed by atoms with Crippen LogP contribution in [-0.4, -0.2) is 38.9 Å². The topological polar surface area (TPSA) is 86.2 Å². The van der Waals surface area contributed by atoms with Crippen LogP contribution in [0, 0.1) is 29.1 Å². The summed E-state index contributed by atoms with van der Waals surface area (Å²) in [5, 5.41) is 27.7. The lowest BCUT2D eigenvalue weighted by Gasteiger charge is -2.27. The van der Waals surface area contributed by atoms with Gasteiger partial charge in [-0.2, -0.15) is 5.26 Å². The summed E-state index contributed by atoms with van der Waals surface area (Å²) in [6.07, 6.45) is 2.13. The number of rotatable bonds is 3. The largest absolute Gasteiger partial charge is 0.419 e. The highest BCUT2D eigenvalue weighted by Crippen LogP contribution is 2.55. The van der Waals surface area contributed by atoms with Crippen LogP contribution in [0.5, 0.6) is 0 Å². The highest BCUT2D eigenvalue weighted by molar-refractivity contribution is 5.55. The summed E-state index contributed by atoms with van der Waals surface area (Å²) in [6.45, 7) is 1.61. The summed E-state index contributed by atoms with van der Waals surface area (Å²) in [6, 6.07) is 9.54. The summed E-state index contributed by atoms with van der Waals surface area (Å²) in [7, 11) is 0. The number of aromatic nitrogens is 2. The predicted molar refractivity (Wildman–Crippen MR) is 84.4 cm³/mol. The minimum atomic E-state index is -0.205. The molecule has 1 N–H and O–H groups in total. The maximum absolute atomic E-state index is 10.5. The van der Waals surface area contributed by atoms with Gasteiger partial charge < -0.3 is 9.52 Å². The molecule has 5 atom stereocenters. The fourth-order valence-corrected chi connectivity index (χ4v) is 5.05. The maximum atomic E-state index is 10.5. The Hall–Kier alpha value is -2.23. The molecule has 3 fully saturated rings. The van der Waals surface area contributed by atoms with Crippen molar-refractivity contribution < 1.29 is 9.52 Å². The number of likely N-dealkylation sites (tertiary alicyclic amines) is 1. The molecule has 5 unspecified atom stereocenters. The van der Waals surface area contributed by atoms with Gasteiger partial charge in [0, 0.05) is 18.2 Å². The molecule has 2 aliphatic carbocycles. The van der Waals surface area contributed by atoms with Gasteiger partial charge in [0.1, 0.15) is 0 Å². The van der Waals surface area contributed by atoms with E-state index >= 15 is 0 Å². The number of fused-ring (bicyclic) bond motifs is 1. The van der Waals surface area contributed by atoms with Gasteiger partial charge in [-0.05, 0) is 48.8 Å². The molecule has 0 amide bonds. The normalized spacial score (nSPS) is 33.9. The smallest absolute Gasteiger partial charge is 0.247 e. The third-order valence-electron chi connectivity index (χ3n) is 5.99. The minimum absolute atomic E-state index is 0.205. The van der Waals surface area contributed by atoms with E-state index in [1.54, 1.807) is 12.1 Å². The van der Waals surface area contributed by atoms with Gasteiger partial charge in [-0.1, -0.05) is 6.07 Å². The molecule has 0 radical (unpaired) electrons. The van der Waals surface area contributed by atoms with Gasteiger partial charge in [0.15, 0.2) is 0 Å². The molecule has 1 aliphatic heterocycles. The molecule has 0 spiro atoms. The van der Waals surface area contributed by atoms with Crippen LogP contribution in [-0.2, 0) is 6.54 Å². The number of benzene rings is 1. The number of nitriles is 1.